The highest BCUT2D eigenvalue weighted by atomic mass is 19.1. The molecule has 21 heavy (non-hydrogen) atoms. The van der Waals surface area contributed by atoms with Crippen molar-refractivity contribution < 1.29 is 4.39 Å². The highest BCUT2D eigenvalue weighted by molar-refractivity contribution is 5.22. The van der Waals surface area contributed by atoms with Crippen LogP contribution in [0.2, 0.25) is 0 Å². The smallest absolute Gasteiger partial charge is 0.123 e. The second-order valence-corrected chi connectivity index (χ2v) is 7.04. The normalized spacial score (nSPS) is 27.5. The van der Waals surface area contributed by atoms with E-state index in [1.165, 1.54) is 56.9 Å². The van der Waals surface area contributed by atoms with Crippen molar-refractivity contribution in [2.75, 3.05) is 0 Å². The van der Waals surface area contributed by atoms with Gasteiger partial charge in [0.1, 0.15) is 5.82 Å². The molecule has 116 valence electrons. The maximum absolute atomic E-state index is 13.1. The highest BCUT2D eigenvalue weighted by Gasteiger charge is 2.34. The van der Waals surface area contributed by atoms with Crippen LogP contribution in [0.3, 0.4) is 0 Å². The summed E-state index contributed by atoms with van der Waals surface area (Å²) in [5, 5.41) is 3.89. The Kier molecular flexibility index (Phi) is 4.95. The van der Waals surface area contributed by atoms with E-state index < -0.39 is 0 Å². The fourth-order valence-corrected chi connectivity index (χ4v) is 3.88. The predicted molar refractivity (Wildman–Crippen MR) is 85.7 cm³/mol. The molecule has 1 aromatic carbocycles. The Hall–Kier alpha value is -0.890. The Morgan fingerprint density at radius 2 is 1.71 bits per heavy atom. The quantitative estimate of drug-likeness (QED) is 0.756. The second kappa shape index (κ2) is 6.91. The van der Waals surface area contributed by atoms with Crippen LogP contribution in [0.25, 0.3) is 0 Å². The molecular weight excluding hydrogens is 261 g/mol. The summed E-state index contributed by atoms with van der Waals surface area (Å²) in [6.07, 6.45) is 10.8. The van der Waals surface area contributed by atoms with Gasteiger partial charge in [0.25, 0.3) is 0 Å². The number of nitrogens with one attached hydrogen (secondary N) is 1. The van der Waals surface area contributed by atoms with Crippen molar-refractivity contribution >= 4 is 0 Å². The lowest BCUT2D eigenvalue weighted by Crippen LogP contribution is -2.37. The van der Waals surface area contributed by atoms with Crippen molar-refractivity contribution in [3.8, 4) is 0 Å². The summed E-state index contributed by atoms with van der Waals surface area (Å²) >= 11 is 0. The SMILES string of the molecule is CCCC1CCC(NC(c2ccc(F)cc2)C2CC2)CC1. The summed E-state index contributed by atoms with van der Waals surface area (Å²) in [6, 6.07) is 8.24. The van der Waals surface area contributed by atoms with Crippen LogP contribution < -0.4 is 5.32 Å². The van der Waals surface area contributed by atoms with Gasteiger partial charge in [0, 0.05) is 12.1 Å². The van der Waals surface area contributed by atoms with Crippen LogP contribution in [0.1, 0.15) is 69.9 Å². The first-order chi connectivity index (χ1) is 10.3. The van der Waals surface area contributed by atoms with Crippen LogP contribution in [0.4, 0.5) is 4.39 Å². The average molecular weight is 289 g/mol. The van der Waals surface area contributed by atoms with Gasteiger partial charge in [-0.25, -0.2) is 4.39 Å². The molecule has 1 atom stereocenters. The van der Waals surface area contributed by atoms with Crippen LogP contribution >= 0.6 is 0 Å². The van der Waals surface area contributed by atoms with Crippen molar-refractivity contribution in [3.63, 3.8) is 0 Å². The van der Waals surface area contributed by atoms with Crippen LogP contribution in [0.5, 0.6) is 0 Å². The summed E-state index contributed by atoms with van der Waals surface area (Å²) < 4.78 is 13.1. The molecule has 2 aliphatic rings. The first-order valence-electron chi connectivity index (χ1n) is 8.77. The standard InChI is InChI=1S/C19H28FN/c1-2-3-14-4-12-18(13-5-14)21-19(15-6-7-15)16-8-10-17(20)11-9-16/h8-11,14-15,18-19,21H,2-7,12-13H2,1H3. The van der Waals surface area contributed by atoms with Gasteiger partial charge in [0.15, 0.2) is 0 Å². The molecule has 1 unspecified atom stereocenters. The molecule has 0 radical (unpaired) electrons. The van der Waals surface area contributed by atoms with Crippen LogP contribution in [-0.2, 0) is 0 Å². The Morgan fingerprint density at radius 1 is 1.05 bits per heavy atom. The van der Waals surface area contributed by atoms with Gasteiger partial charge in [0.2, 0.25) is 0 Å². The summed E-state index contributed by atoms with van der Waals surface area (Å²) in [6.45, 7) is 2.29. The van der Waals surface area contributed by atoms with E-state index in [-0.39, 0.29) is 5.82 Å². The second-order valence-electron chi connectivity index (χ2n) is 7.04. The molecule has 2 saturated carbocycles. The zero-order chi connectivity index (χ0) is 14.7. The molecule has 2 aliphatic carbocycles. The van der Waals surface area contributed by atoms with Crippen LogP contribution in [0.15, 0.2) is 24.3 Å². The fourth-order valence-electron chi connectivity index (χ4n) is 3.88. The Bertz CT molecular complexity index is 429. The van der Waals surface area contributed by atoms with Crippen molar-refractivity contribution in [1.29, 1.82) is 0 Å². The lowest BCUT2D eigenvalue weighted by Gasteiger charge is -2.32. The van der Waals surface area contributed by atoms with E-state index in [0.29, 0.717) is 12.1 Å². The Balaban J connectivity index is 1.58. The van der Waals surface area contributed by atoms with Crippen molar-refractivity contribution in [2.45, 2.75) is 70.4 Å². The van der Waals surface area contributed by atoms with E-state index >= 15 is 0 Å². The molecule has 0 bridgehead atoms. The van der Waals surface area contributed by atoms with E-state index in [2.05, 4.69) is 12.2 Å². The van der Waals surface area contributed by atoms with E-state index in [0.717, 1.165) is 11.8 Å². The lowest BCUT2D eigenvalue weighted by molar-refractivity contribution is 0.256. The molecule has 0 heterocycles. The van der Waals surface area contributed by atoms with E-state index in [9.17, 15) is 4.39 Å². The van der Waals surface area contributed by atoms with Gasteiger partial charge in [-0.2, -0.15) is 0 Å². The van der Waals surface area contributed by atoms with Crippen molar-refractivity contribution in [2.24, 2.45) is 11.8 Å². The fraction of sp³-hybridized carbons (Fsp3) is 0.684. The third kappa shape index (κ3) is 4.06. The Labute approximate surface area is 128 Å². The highest BCUT2D eigenvalue weighted by Crippen LogP contribution is 2.42. The third-order valence-electron chi connectivity index (χ3n) is 5.28. The molecule has 1 N–H and O–H groups in total. The number of hydrogen-bond donors (Lipinski definition) is 1. The third-order valence-corrected chi connectivity index (χ3v) is 5.28. The molecule has 0 saturated heterocycles. The summed E-state index contributed by atoms with van der Waals surface area (Å²) in [4.78, 5) is 0. The number of rotatable bonds is 6. The number of benzene rings is 1. The molecule has 1 nitrogen and oxygen atoms in total. The molecule has 2 heteroatoms. The molecule has 3 rings (SSSR count). The van der Waals surface area contributed by atoms with E-state index in [1.54, 1.807) is 12.1 Å². The largest absolute Gasteiger partial charge is 0.307 e. The molecule has 0 aliphatic heterocycles. The predicted octanol–water partition coefficient (Wildman–Crippen LogP) is 5.23. The van der Waals surface area contributed by atoms with Gasteiger partial charge in [-0.05, 0) is 68.1 Å². The molecule has 0 amide bonds. The summed E-state index contributed by atoms with van der Waals surface area (Å²) in [5.74, 6) is 1.59. The first kappa shape index (κ1) is 15.0. The maximum Gasteiger partial charge on any atom is 0.123 e. The summed E-state index contributed by atoms with van der Waals surface area (Å²) in [5.41, 5.74) is 1.27. The van der Waals surface area contributed by atoms with Crippen molar-refractivity contribution in [3.05, 3.63) is 35.6 Å². The zero-order valence-corrected chi connectivity index (χ0v) is 13.2. The van der Waals surface area contributed by atoms with Gasteiger partial charge < -0.3 is 5.32 Å². The van der Waals surface area contributed by atoms with Gasteiger partial charge >= 0.3 is 0 Å². The molecule has 0 spiro atoms. The average Bonchev–Trinajstić information content (AvgIpc) is 3.33. The Morgan fingerprint density at radius 3 is 2.29 bits per heavy atom. The van der Waals surface area contributed by atoms with Gasteiger partial charge in [-0.1, -0.05) is 31.9 Å². The number of halogens is 1. The minimum Gasteiger partial charge on any atom is -0.307 e. The molecule has 2 fully saturated rings. The van der Waals surface area contributed by atoms with Gasteiger partial charge in [0.05, 0.1) is 0 Å². The lowest BCUT2D eigenvalue weighted by atomic mass is 9.83. The van der Waals surface area contributed by atoms with Gasteiger partial charge in [-0.3, -0.25) is 0 Å². The zero-order valence-electron chi connectivity index (χ0n) is 13.2. The number of hydrogen-bond acceptors (Lipinski definition) is 1. The minimum absolute atomic E-state index is 0.131. The summed E-state index contributed by atoms with van der Waals surface area (Å²) in [7, 11) is 0. The van der Waals surface area contributed by atoms with Gasteiger partial charge in [-0.15, -0.1) is 0 Å². The van der Waals surface area contributed by atoms with E-state index in [4.69, 9.17) is 0 Å². The van der Waals surface area contributed by atoms with Crippen LogP contribution in [0, 0.1) is 17.7 Å². The molecule has 1 aromatic rings. The van der Waals surface area contributed by atoms with Crippen molar-refractivity contribution in [1.82, 2.24) is 5.32 Å². The van der Waals surface area contributed by atoms with Crippen LogP contribution in [-0.4, -0.2) is 6.04 Å². The first-order valence-corrected chi connectivity index (χ1v) is 8.77. The monoisotopic (exact) mass is 289 g/mol. The maximum atomic E-state index is 13.1. The minimum atomic E-state index is -0.131. The molecule has 0 aromatic heterocycles. The molecular formula is C19H28FN. The topological polar surface area (TPSA) is 12.0 Å². The van der Waals surface area contributed by atoms with E-state index in [1.807, 2.05) is 12.1 Å².